The van der Waals surface area contributed by atoms with Gasteiger partial charge in [0, 0.05) is 23.6 Å². The van der Waals surface area contributed by atoms with E-state index in [2.05, 4.69) is 20.6 Å². The second-order valence-electron chi connectivity index (χ2n) is 5.74. The molecule has 10 nitrogen and oxygen atoms in total. The average Bonchev–Trinajstić information content (AvgIpc) is 3.35. The number of furan rings is 1. The third kappa shape index (κ3) is 3.94. The number of carbonyl (C=O) groups excluding carboxylic acids is 2. The fraction of sp³-hybridized carbons (Fsp3) is 0. The van der Waals surface area contributed by atoms with Gasteiger partial charge in [0.05, 0.1) is 16.3 Å². The predicted molar refractivity (Wildman–Crippen MR) is 105 cm³/mol. The van der Waals surface area contributed by atoms with Crippen LogP contribution in [0.25, 0.3) is 10.2 Å². The van der Waals surface area contributed by atoms with Crippen molar-refractivity contribution in [3.63, 3.8) is 0 Å². The van der Waals surface area contributed by atoms with Gasteiger partial charge in [0.25, 0.3) is 11.8 Å². The van der Waals surface area contributed by atoms with Crippen LogP contribution in [0.5, 0.6) is 0 Å². The monoisotopic (exact) mass is 409 g/mol. The number of hydrogen-bond donors (Lipinski definition) is 2. The van der Waals surface area contributed by atoms with E-state index in [0.717, 1.165) is 10.8 Å². The second-order valence-corrected chi connectivity index (χ2v) is 6.77. The van der Waals surface area contributed by atoms with Crippen LogP contribution in [0.1, 0.15) is 20.9 Å². The lowest BCUT2D eigenvalue weighted by Gasteiger charge is -2.02. The van der Waals surface area contributed by atoms with E-state index < -0.39 is 16.7 Å². The van der Waals surface area contributed by atoms with Crippen molar-refractivity contribution in [2.24, 2.45) is 0 Å². The summed E-state index contributed by atoms with van der Waals surface area (Å²) in [6.07, 6.45) is 3.05. The van der Waals surface area contributed by atoms with Crippen molar-refractivity contribution in [1.82, 2.24) is 9.97 Å². The minimum Gasteiger partial charge on any atom is -0.395 e. The van der Waals surface area contributed by atoms with E-state index >= 15 is 0 Å². The quantitative estimate of drug-likeness (QED) is 0.378. The van der Waals surface area contributed by atoms with Crippen LogP contribution in [0.2, 0.25) is 0 Å². The van der Waals surface area contributed by atoms with Gasteiger partial charge >= 0.3 is 5.88 Å². The highest BCUT2D eigenvalue weighted by molar-refractivity contribution is 7.22. The first-order chi connectivity index (χ1) is 14.0. The Morgan fingerprint density at radius 1 is 1.03 bits per heavy atom. The van der Waals surface area contributed by atoms with E-state index in [0.29, 0.717) is 21.9 Å². The van der Waals surface area contributed by atoms with Crippen LogP contribution < -0.4 is 10.6 Å². The standard InChI is InChI=1S/C18H11N5O5S/c24-16(10-5-7-19-8-6-10)22-18-21-12-2-1-11(9-14(12)29-18)20-17(25)13-3-4-15(28-13)23(26)27/h1-9H,(H,20,25)(H,21,22,24). The number of nitrogens with one attached hydrogen (secondary N) is 2. The van der Waals surface area contributed by atoms with E-state index in [9.17, 15) is 19.7 Å². The van der Waals surface area contributed by atoms with Gasteiger partial charge in [-0.05, 0) is 36.4 Å². The van der Waals surface area contributed by atoms with Gasteiger partial charge < -0.3 is 9.73 Å². The van der Waals surface area contributed by atoms with Gasteiger partial charge in [-0.15, -0.1) is 0 Å². The smallest absolute Gasteiger partial charge is 0.395 e. The largest absolute Gasteiger partial charge is 0.433 e. The molecule has 3 heterocycles. The van der Waals surface area contributed by atoms with Crippen molar-refractivity contribution in [2.75, 3.05) is 10.6 Å². The van der Waals surface area contributed by atoms with E-state index in [1.807, 2.05) is 0 Å². The van der Waals surface area contributed by atoms with Crippen LogP contribution in [0, 0.1) is 10.1 Å². The number of nitro groups is 1. The maximum absolute atomic E-state index is 12.2. The minimum absolute atomic E-state index is 0.175. The summed E-state index contributed by atoms with van der Waals surface area (Å²) >= 11 is 1.24. The van der Waals surface area contributed by atoms with Crippen LogP contribution in [-0.4, -0.2) is 26.7 Å². The first-order valence-corrected chi connectivity index (χ1v) is 8.99. The van der Waals surface area contributed by atoms with Crippen molar-refractivity contribution in [1.29, 1.82) is 0 Å². The zero-order valence-corrected chi connectivity index (χ0v) is 15.3. The van der Waals surface area contributed by atoms with Gasteiger partial charge in [-0.1, -0.05) is 11.3 Å². The number of nitrogens with zero attached hydrogens (tertiary/aromatic N) is 3. The summed E-state index contributed by atoms with van der Waals surface area (Å²) in [7, 11) is 0. The molecule has 0 aliphatic heterocycles. The Hall–Kier alpha value is -4.12. The Labute approximate surface area is 166 Å². The fourth-order valence-corrected chi connectivity index (χ4v) is 3.37. The fourth-order valence-electron chi connectivity index (χ4n) is 2.47. The molecule has 4 aromatic rings. The third-order valence-electron chi connectivity index (χ3n) is 3.80. The summed E-state index contributed by atoms with van der Waals surface area (Å²) in [5, 5.41) is 16.4. The van der Waals surface area contributed by atoms with Crippen LogP contribution >= 0.6 is 11.3 Å². The summed E-state index contributed by atoms with van der Waals surface area (Å²) in [5.74, 6) is -1.61. The zero-order valence-electron chi connectivity index (χ0n) is 14.5. The summed E-state index contributed by atoms with van der Waals surface area (Å²) < 4.78 is 5.62. The van der Waals surface area contributed by atoms with E-state index in [4.69, 9.17) is 4.42 Å². The molecule has 11 heteroatoms. The highest BCUT2D eigenvalue weighted by Crippen LogP contribution is 2.29. The van der Waals surface area contributed by atoms with Crippen molar-refractivity contribution in [3.05, 3.63) is 76.3 Å². The zero-order chi connectivity index (χ0) is 20.4. The molecule has 0 spiro atoms. The number of anilines is 2. The lowest BCUT2D eigenvalue weighted by molar-refractivity contribution is -0.402. The first kappa shape index (κ1) is 18.3. The number of thiazole rings is 1. The summed E-state index contributed by atoms with van der Waals surface area (Å²) in [6.45, 7) is 0. The maximum Gasteiger partial charge on any atom is 0.433 e. The van der Waals surface area contributed by atoms with E-state index in [1.165, 1.54) is 29.8 Å². The van der Waals surface area contributed by atoms with Crippen LogP contribution in [-0.2, 0) is 0 Å². The number of fused-ring (bicyclic) bond motifs is 1. The number of hydrogen-bond acceptors (Lipinski definition) is 8. The Kier molecular flexibility index (Phi) is 4.71. The van der Waals surface area contributed by atoms with Gasteiger partial charge in [-0.3, -0.25) is 30.0 Å². The maximum atomic E-state index is 12.2. The summed E-state index contributed by atoms with van der Waals surface area (Å²) in [5.41, 5.74) is 1.56. The number of benzene rings is 1. The van der Waals surface area contributed by atoms with Crippen LogP contribution in [0.3, 0.4) is 0 Å². The number of pyridine rings is 1. The lowest BCUT2D eigenvalue weighted by atomic mass is 10.2. The summed E-state index contributed by atoms with van der Waals surface area (Å²) in [4.78, 5) is 42.6. The van der Waals surface area contributed by atoms with Gasteiger partial charge in [-0.2, -0.15) is 0 Å². The second kappa shape index (κ2) is 7.48. The molecule has 1 aromatic carbocycles. The van der Waals surface area contributed by atoms with Gasteiger partial charge in [0.15, 0.2) is 10.9 Å². The Morgan fingerprint density at radius 2 is 1.83 bits per heavy atom. The highest BCUT2D eigenvalue weighted by Gasteiger charge is 2.18. The molecule has 0 fully saturated rings. The number of amides is 2. The molecule has 2 N–H and O–H groups in total. The molecule has 0 radical (unpaired) electrons. The molecule has 0 saturated heterocycles. The van der Waals surface area contributed by atoms with Crippen molar-refractivity contribution >= 4 is 50.1 Å². The first-order valence-electron chi connectivity index (χ1n) is 8.17. The molecule has 0 aliphatic carbocycles. The number of aromatic nitrogens is 2. The van der Waals surface area contributed by atoms with Crippen LogP contribution in [0.4, 0.5) is 16.7 Å². The predicted octanol–water partition coefficient (Wildman–Crippen LogP) is 3.70. The SMILES string of the molecule is O=C(Nc1nc2ccc(NC(=O)c3ccc([N+](=O)[O-])o3)cc2s1)c1ccncc1. The molecule has 2 amide bonds. The molecule has 144 valence electrons. The van der Waals surface area contributed by atoms with Crippen molar-refractivity contribution in [3.8, 4) is 0 Å². The van der Waals surface area contributed by atoms with Crippen LogP contribution in [0.15, 0.2) is 59.3 Å². The molecular formula is C18H11N5O5S. The normalized spacial score (nSPS) is 10.6. The highest BCUT2D eigenvalue weighted by atomic mass is 32.1. The molecule has 0 bridgehead atoms. The molecule has 4 rings (SSSR count). The van der Waals surface area contributed by atoms with Crippen molar-refractivity contribution < 1.29 is 18.9 Å². The molecule has 0 unspecified atom stereocenters. The van der Waals surface area contributed by atoms with E-state index in [-0.39, 0.29) is 11.7 Å². The molecule has 0 aliphatic rings. The third-order valence-corrected chi connectivity index (χ3v) is 4.74. The molecule has 0 saturated carbocycles. The minimum atomic E-state index is -0.720. The van der Waals surface area contributed by atoms with Gasteiger partial charge in [0.2, 0.25) is 0 Å². The Morgan fingerprint density at radius 3 is 2.55 bits per heavy atom. The van der Waals surface area contributed by atoms with E-state index in [1.54, 1.807) is 30.3 Å². The molecule has 3 aromatic heterocycles. The van der Waals surface area contributed by atoms with Gasteiger partial charge in [-0.25, -0.2) is 4.98 Å². The average molecular weight is 409 g/mol. The van der Waals surface area contributed by atoms with Gasteiger partial charge in [0.1, 0.15) is 4.92 Å². The molecule has 0 atom stereocenters. The topological polar surface area (TPSA) is 140 Å². The number of carbonyl (C=O) groups is 2. The lowest BCUT2D eigenvalue weighted by Crippen LogP contribution is -2.11. The summed E-state index contributed by atoms with van der Waals surface area (Å²) in [6, 6.07) is 10.5. The number of rotatable bonds is 5. The van der Waals surface area contributed by atoms with Crippen molar-refractivity contribution in [2.45, 2.75) is 0 Å². The Bertz CT molecular complexity index is 1230. The molecular weight excluding hydrogens is 398 g/mol. The molecule has 29 heavy (non-hydrogen) atoms. The Balaban J connectivity index is 1.50.